The number of carbonyl (C=O) groups is 1. The number of rotatable bonds is 5. The van der Waals surface area contributed by atoms with Gasteiger partial charge in [0.05, 0.1) is 20.6 Å². The van der Waals surface area contributed by atoms with Gasteiger partial charge in [0, 0.05) is 12.6 Å². The summed E-state index contributed by atoms with van der Waals surface area (Å²) in [6.45, 7) is 8.50. The summed E-state index contributed by atoms with van der Waals surface area (Å²) in [5.74, 6) is -0.995. The molecule has 0 fully saturated rings. The number of hydrogen-bond acceptors (Lipinski definition) is 3. The number of aliphatic carboxylic acids is 1. The number of carboxylic acid groups (broad SMARTS) is 1. The van der Waals surface area contributed by atoms with E-state index in [-0.39, 0.29) is 6.42 Å². The summed E-state index contributed by atoms with van der Waals surface area (Å²) in [7, 11) is 4.32. The summed E-state index contributed by atoms with van der Waals surface area (Å²) in [4.78, 5) is 9.26. The third-order valence-electron chi connectivity index (χ3n) is 1.79. The largest absolute Gasteiger partial charge is 0.550 e. The Bertz CT molecular complexity index is 146. The Labute approximate surface area is 87.1 Å². The molecule has 14 heavy (non-hydrogen) atoms. The molecule has 0 atom stereocenters. The first-order valence-corrected chi connectivity index (χ1v) is 4.99. The monoisotopic (exact) mass is 205 g/mol. The summed E-state index contributed by atoms with van der Waals surface area (Å²) in [6.07, 6.45) is 0.111. The minimum absolute atomic E-state index is 0.111. The highest BCUT2D eigenvalue weighted by atomic mass is 16.5. The van der Waals surface area contributed by atoms with Gasteiger partial charge in [-0.15, -0.1) is 0 Å². The SMILES string of the molecule is CCC(=O)[O-].CCOC[N+](C)(C)CC. The predicted octanol–water partition coefficient (Wildman–Crippen LogP) is 0.223. The Morgan fingerprint density at radius 3 is 1.93 bits per heavy atom. The van der Waals surface area contributed by atoms with Crippen molar-refractivity contribution in [2.75, 3.05) is 34.0 Å². The van der Waals surface area contributed by atoms with Crippen LogP contribution < -0.4 is 5.11 Å². The van der Waals surface area contributed by atoms with Crippen molar-refractivity contribution in [1.29, 1.82) is 0 Å². The number of nitrogens with zero attached hydrogens (tertiary/aromatic N) is 1. The third-order valence-corrected chi connectivity index (χ3v) is 1.79. The number of hydrogen-bond donors (Lipinski definition) is 0. The average molecular weight is 205 g/mol. The minimum atomic E-state index is -0.995. The van der Waals surface area contributed by atoms with Crippen LogP contribution in [-0.4, -0.2) is 44.4 Å². The molecule has 4 nitrogen and oxygen atoms in total. The lowest BCUT2D eigenvalue weighted by Gasteiger charge is -2.26. The Kier molecular flexibility index (Phi) is 10.1. The van der Waals surface area contributed by atoms with Gasteiger partial charge in [0.1, 0.15) is 0 Å². The zero-order chi connectivity index (χ0) is 11.6. The molecule has 0 aliphatic rings. The van der Waals surface area contributed by atoms with E-state index >= 15 is 0 Å². The van der Waals surface area contributed by atoms with E-state index in [0.29, 0.717) is 0 Å². The van der Waals surface area contributed by atoms with Crippen LogP contribution >= 0.6 is 0 Å². The molecule has 0 saturated carbocycles. The molecule has 0 rings (SSSR count). The van der Waals surface area contributed by atoms with E-state index in [2.05, 4.69) is 21.0 Å². The van der Waals surface area contributed by atoms with Crippen molar-refractivity contribution in [3.63, 3.8) is 0 Å². The van der Waals surface area contributed by atoms with E-state index in [9.17, 15) is 9.90 Å². The molecule has 0 aliphatic carbocycles. The highest BCUT2D eigenvalue weighted by Crippen LogP contribution is 1.94. The van der Waals surface area contributed by atoms with Gasteiger partial charge in [-0.05, 0) is 20.3 Å². The molecule has 0 amide bonds. The fraction of sp³-hybridized carbons (Fsp3) is 0.900. The van der Waals surface area contributed by atoms with Crippen molar-refractivity contribution in [2.24, 2.45) is 0 Å². The van der Waals surface area contributed by atoms with E-state index in [0.717, 1.165) is 24.4 Å². The van der Waals surface area contributed by atoms with Crippen LogP contribution in [0, 0.1) is 0 Å². The third kappa shape index (κ3) is 13.9. The number of ether oxygens (including phenoxy) is 1. The van der Waals surface area contributed by atoms with Gasteiger partial charge < -0.3 is 19.1 Å². The first kappa shape index (κ1) is 15.8. The smallest absolute Gasteiger partial charge is 0.182 e. The number of carbonyl (C=O) groups excluding carboxylic acids is 1. The molecule has 0 aliphatic heterocycles. The van der Waals surface area contributed by atoms with Crippen LogP contribution in [0.5, 0.6) is 0 Å². The van der Waals surface area contributed by atoms with Crippen molar-refractivity contribution >= 4 is 5.97 Å². The normalized spacial score (nSPS) is 10.4. The molecular formula is C10H23NO3. The average Bonchev–Trinajstić information content (AvgIpc) is 2.16. The Morgan fingerprint density at radius 1 is 1.29 bits per heavy atom. The van der Waals surface area contributed by atoms with Gasteiger partial charge in [0.25, 0.3) is 0 Å². The summed E-state index contributed by atoms with van der Waals surface area (Å²) < 4.78 is 6.21. The van der Waals surface area contributed by atoms with E-state index < -0.39 is 5.97 Å². The minimum Gasteiger partial charge on any atom is -0.550 e. The Balaban J connectivity index is 0. The molecule has 4 heteroatoms. The molecule has 0 saturated heterocycles. The molecule has 0 aromatic heterocycles. The van der Waals surface area contributed by atoms with Gasteiger partial charge in [-0.3, -0.25) is 0 Å². The van der Waals surface area contributed by atoms with E-state index in [1.54, 1.807) is 0 Å². The van der Waals surface area contributed by atoms with Gasteiger partial charge in [-0.2, -0.15) is 0 Å². The van der Waals surface area contributed by atoms with Crippen LogP contribution in [0.4, 0.5) is 0 Å². The van der Waals surface area contributed by atoms with Gasteiger partial charge in [-0.1, -0.05) is 6.92 Å². The van der Waals surface area contributed by atoms with Crippen LogP contribution in [0.2, 0.25) is 0 Å². The number of quaternary nitrogens is 1. The topological polar surface area (TPSA) is 49.4 Å². The van der Waals surface area contributed by atoms with Crippen LogP contribution in [0.3, 0.4) is 0 Å². The van der Waals surface area contributed by atoms with E-state index in [4.69, 9.17) is 4.74 Å². The maximum atomic E-state index is 9.26. The lowest BCUT2D eigenvalue weighted by Crippen LogP contribution is -2.41. The second kappa shape index (κ2) is 8.97. The van der Waals surface area contributed by atoms with Gasteiger partial charge >= 0.3 is 0 Å². The Hall–Kier alpha value is -0.610. The van der Waals surface area contributed by atoms with Gasteiger partial charge in [0.2, 0.25) is 0 Å². The maximum Gasteiger partial charge on any atom is 0.182 e. The lowest BCUT2D eigenvalue weighted by molar-refractivity contribution is -0.907. The first-order valence-electron chi connectivity index (χ1n) is 4.99. The molecule has 0 N–H and O–H groups in total. The van der Waals surface area contributed by atoms with E-state index in [1.165, 1.54) is 6.92 Å². The second-order valence-corrected chi connectivity index (χ2v) is 3.60. The van der Waals surface area contributed by atoms with Crippen LogP contribution in [-0.2, 0) is 9.53 Å². The van der Waals surface area contributed by atoms with Crippen molar-refractivity contribution in [2.45, 2.75) is 27.2 Å². The fourth-order valence-electron chi connectivity index (χ4n) is 0.430. The second-order valence-electron chi connectivity index (χ2n) is 3.60. The fourth-order valence-corrected chi connectivity index (χ4v) is 0.430. The molecule has 0 spiro atoms. The maximum absolute atomic E-state index is 9.26. The summed E-state index contributed by atoms with van der Waals surface area (Å²) in [5.41, 5.74) is 0. The summed E-state index contributed by atoms with van der Waals surface area (Å²) in [5, 5.41) is 9.26. The molecule has 86 valence electrons. The summed E-state index contributed by atoms with van der Waals surface area (Å²) >= 11 is 0. The van der Waals surface area contributed by atoms with Crippen molar-refractivity contribution in [3.8, 4) is 0 Å². The lowest BCUT2D eigenvalue weighted by atomic mass is 10.5. The molecule has 0 bridgehead atoms. The summed E-state index contributed by atoms with van der Waals surface area (Å²) in [6, 6.07) is 0. The molecule has 0 aromatic rings. The molecule has 0 radical (unpaired) electrons. The molecule has 0 aromatic carbocycles. The van der Waals surface area contributed by atoms with Crippen molar-refractivity contribution in [3.05, 3.63) is 0 Å². The number of carboxylic acids is 1. The van der Waals surface area contributed by atoms with Crippen LogP contribution in [0.1, 0.15) is 27.2 Å². The van der Waals surface area contributed by atoms with Gasteiger partial charge in [-0.25, -0.2) is 0 Å². The zero-order valence-electron chi connectivity index (χ0n) is 10.0. The zero-order valence-corrected chi connectivity index (χ0v) is 10.0. The quantitative estimate of drug-likeness (QED) is 0.476. The standard InChI is InChI=1S/C7H18NO.C3H6O2/c1-5-8(3,4)7-9-6-2;1-2-3(4)5/h5-7H2,1-4H3;2H2,1H3,(H,4,5)/q+1;/p-1. The molecule has 0 heterocycles. The van der Waals surface area contributed by atoms with Crippen molar-refractivity contribution in [1.82, 2.24) is 0 Å². The van der Waals surface area contributed by atoms with Crippen LogP contribution in [0.15, 0.2) is 0 Å². The Morgan fingerprint density at radius 2 is 1.71 bits per heavy atom. The molecular weight excluding hydrogens is 182 g/mol. The highest BCUT2D eigenvalue weighted by Gasteiger charge is 2.09. The van der Waals surface area contributed by atoms with Crippen molar-refractivity contribution < 1.29 is 19.1 Å². The first-order chi connectivity index (χ1) is 6.39. The van der Waals surface area contributed by atoms with Crippen LogP contribution in [0.25, 0.3) is 0 Å². The van der Waals surface area contributed by atoms with Gasteiger partial charge in [0.15, 0.2) is 6.73 Å². The predicted molar refractivity (Wildman–Crippen MR) is 54.4 cm³/mol. The highest BCUT2D eigenvalue weighted by molar-refractivity contribution is 5.63. The van der Waals surface area contributed by atoms with E-state index in [1.807, 2.05) is 6.92 Å². The molecule has 0 unspecified atom stereocenters.